The predicted octanol–water partition coefficient (Wildman–Crippen LogP) is 2.88. The Morgan fingerprint density at radius 3 is 2.34 bits per heavy atom. The molecule has 3 rings (SSSR count). The quantitative estimate of drug-likeness (QED) is 0.499. The van der Waals surface area contributed by atoms with Gasteiger partial charge < -0.3 is 24.4 Å². The summed E-state index contributed by atoms with van der Waals surface area (Å²) in [6.07, 6.45) is 0. The SMILES string of the molecule is CN=C(NCc1ccc(F)c(COC)c1)N1CCN(Cc2ccc(OC)c(OC)c2)CC1. The summed E-state index contributed by atoms with van der Waals surface area (Å²) in [5.41, 5.74) is 2.75. The maximum atomic E-state index is 13.8. The Balaban J connectivity index is 1.52. The molecule has 2 aromatic carbocycles. The lowest BCUT2D eigenvalue weighted by Crippen LogP contribution is -2.52. The average molecular weight is 445 g/mol. The van der Waals surface area contributed by atoms with E-state index in [0.717, 1.165) is 55.7 Å². The van der Waals surface area contributed by atoms with E-state index >= 15 is 0 Å². The van der Waals surface area contributed by atoms with E-state index in [9.17, 15) is 4.39 Å². The van der Waals surface area contributed by atoms with Gasteiger partial charge in [-0.05, 0) is 35.4 Å². The van der Waals surface area contributed by atoms with E-state index in [1.807, 2.05) is 18.2 Å². The van der Waals surface area contributed by atoms with Crippen LogP contribution in [0.5, 0.6) is 11.5 Å². The Morgan fingerprint density at radius 2 is 1.69 bits per heavy atom. The monoisotopic (exact) mass is 444 g/mol. The zero-order chi connectivity index (χ0) is 22.9. The molecule has 0 aliphatic carbocycles. The zero-order valence-corrected chi connectivity index (χ0v) is 19.4. The molecular formula is C24H33FN4O3. The van der Waals surface area contributed by atoms with Crippen LogP contribution in [0.2, 0.25) is 0 Å². The molecule has 0 spiro atoms. The molecule has 0 amide bonds. The summed E-state index contributed by atoms with van der Waals surface area (Å²) < 4.78 is 29.6. The molecule has 0 bridgehead atoms. The van der Waals surface area contributed by atoms with Gasteiger partial charge in [-0.2, -0.15) is 0 Å². The number of hydrogen-bond acceptors (Lipinski definition) is 5. The number of benzene rings is 2. The molecule has 0 aromatic heterocycles. The third kappa shape index (κ3) is 6.11. The minimum Gasteiger partial charge on any atom is -0.493 e. The Hall–Kier alpha value is -2.84. The van der Waals surface area contributed by atoms with Crippen LogP contribution in [-0.2, 0) is 24.4 Å². The van der Waals surface area contributed by atoms with Crippen molar-refractivity contribution in [3.63, 3.8) is 0 Å². The molecule has 1 saturated heterocycles. The molecule has 1 N–H and O–H groups in total. The van der Waals surface area contributed by atoms with Crippen LogP contribution < -0.4 is 14.8 Å². The van der Waals surface area contributed by atoms with Gasteiger partial charge >= 0.3 is 0 Å². The number of rotatable bonds is 8. The number of nitrogens with one attached hydrogen (secondary N) is 1. The van der Waals surface area contributed by atoms with Gasteiger partial charge in [0.25, 0.3) is 0 Å². The molecule has 1 fully saturated rings. The van der Waals surface area contributed by atoms with E-state index in [4.69, 9.17) is 14.2 Å². The van der Waals surface area contributed by atoms with E-state index in [1.165, 1.54) is 11.6 Å². The van der Waals surface area contributed by atoms with Crippen LogP contribution in [0.4, 0.5) is 4.39 Å². The van der Waals surface area contributed by atoms with Crippen molar-refractivity contribution in [2.45, 2.75) is 19.7 Å². The first-order valence-corrected chi connectivity index (χ1v) is 10.7. The van der Waals surface area contributed by atoms with E-state index in [-0.39, 0.29) is 12.4 Å². The number of piperazine rings is 1. The second-order valence-corrected chi connectivity index (χ2v) is 7.71. The van der Waals surface area contributed by atoms with Crippen molar-refractivity contribution >= 4 is 5.96 Å². The van der Waals surface area contributed by atoms with Gasteiger partial charge in [0, 0.05) is 59.0 Å². The summed E-state index contributed by atoms with van der Waals surface area (Å²) in [5.74, 6) is 2.10. The first-order valence-electron chi connectivity index (χ1n) is 10.7. The smallest absolute Gasteiger partial charge is 0.194 e. The van der Waals surface area contributed by atoms with Gasteiger partial charge in [0.1, 0.15) is 5.82 Å². The van der Waals surface area contributed by atoms with E-state index in [2.05, 4.69) is 26.2 Å². The van der Waals surface area contributed by atoms with Gasteiger partial charge in [-0.25, -0.2) is 4.39 Å². The lowest BCUT2D eigenvalue weighted by atomic mass is 10.1. The lowest BCUT2D eigenvalue weighted by molar-refractivity contribution is 0.172. The molecule has 7 nitrogen and oxygen atoms in total. The summed E-state index contributed by atoms with van der Waals surface area (Å²) in [6, 6.07) is 11.2. The number of hydrogen-bond donors (Lipinski definition) is 1. The number of methoxy groups -OCH3 is 3. The van der Waals surface area contributed by atoms with Gasteiger partial charge in [0.05, 0.1) is 20.8 Å². The van der Waals surface area contributed by atoms with Crippen molar-refractivity contribution in [3.05, 3.63) is 58.9 Å². The molecule has 2 aromatic rings. The summed E-state index contributed by atoms with van der Waals surface area (Å²) >= 11 is 0. The Kier molecular flexibility index (Phi) is 8.70. The Labute approximate surface area is 189 Å². The van der Waals surface area contributed by atoms with Crippen molar-refractivity contribution in [2.75, 3.05) is 54.6 Å². The van der Waals surface area contributed by atoms with Crippen LogP contribution in [0.15, 0.2) is 41.4 Å². The number of ether oxygens (including phenoxy) is 3. The maximum absolute atomic E-state index is 13.8. The highest BCUT2D eigenvalue weighted by Gasteiger charge is 2.20. The van der Waals surface area contributed by atoms with Crippen LogP contribution in [0.25, 0.3) is 0 Å². The Bertz CT molecular complexity index is 914. The van der Waals surface area contributed by atoms with Crippen molar-refractivity contribution in [2.24, 2.45) is 4.99 Å². The molecule has 1 aliphatic heterocycles. The fourth-order valence-corrected chi connectivity index (χ4v) is 3.87. The highest BCUT2D eigenvalue weighted by molar-refractivity contribution is 5.80. The highest BCUT2D eigenvalue weighted by Crippen LogP contribution is 2.28. The third-order valence-electron chi connectivity index (χ3n) is 5.60. The predicted molar refractivity (Wildman–Crippen MR) is 124 cm³/mol. The van der Waals surface area contributed by atoms with Crippen LogP contribution in [0.3, 0.4) is 0 Å². The molecule has 0 unspecified atom stereocenters. The molecule has 1 aliphatic rings. The van der Waals surface area contributed by atoms with Gasteiger partial charge in [0.15, 0.2) is 17.5 Å². The summed E-state index contributed by atoms with van der Waals surface area (Å²) in [6.45, 7) is 5.33. The molecule has 174 valence electrons. The molecule has 1 heterocycles. The van der Waals surface area contributed by atoms with Gasteiger partial charge in [-0.15, -0.1) is 0 Å². The van der Waals surface area contributed by atoms with Crippen LogP contribution in [0.1, 0.15) is 16.7 Å². The van der Waals surface area contributed by atoms with Crippen LogP contribution in [0, 0.1) is 5.82 Å². The summed E-state index contributed by atoms with van der Waals surface area (Å²) in [4.78, 5) is 9.11. The fourth-order valence-electron chi connectivity index (χ4n) is 3.87. The van der Waals surface area contributed by atoms with Crippen LogP contribution in [-0.4, -0.2) is 70.3 Å². The van der Waals surface area contributed by atoms with Crippen LogP contribution >= 0.6 is 0 Å². The van der Waals surface area contributed by atoms with E-state index in [0.29, 0.717) is 12.1 Å². The number of halogens is 1. The number of aliphatic imine (C=N–C) groups is 1. The van der Waals surface area contributed by atoms with Gasteiger partial charge in [0.2, 0.25) is 0 Å². The molecular weight excluding hydrogens is 411 g/mol. The van der Waals surface area contributed by atoms with E-state index < -0.39 is 0 Å². The minimum absolute atomic E-state index is 0.245. The number of nitrogens with zero attached hydrogens (tertiary/aromatic N) is 3. The van der Waals surface area contributed by atoms with Gasteiger partial charge in [-0.1, -0.05) is 12.1 Å². The maximum Gasteiger partial charge on any atom is 0.194 e. The molecule has 32 heavy (non-hydrogen) atoms. The molecule has 0 saturated carbocycles. The fraction of sp³-hybridized carbons (Fsp3) is 0.458. The van der Waals surface area contributed by atoms with Crippen molar-refractivity contribution in [3.8, 4) is 11.5 Å². The minimum atomic E-state index is -0.245. The van der Waals surface area contributed by atoms with E-state index in [1.54, 1.807) is 34.4 Å². The first-order chi connectivity index (χ1) is 15.6. The molecule has 0 atom stereocenters. The molecule has 8 heteroatoms. The average Bonchev–Trinajstić information content (AvgIpc) is 2.82. The topological polar surface area (TPSA) is 58.6 Å². The Morgan fingerprint density at radius 1 is 0.969 bits per heavy atom. The first kappa shape index (κ1) is 23.8. The standard InChI is InChI=1S/C24H33FN4O3/c1-26-24(27-15-18-5-7-21(25)20(13-18)17-30-2)29-11-9-28(10-12-29)16-19-6-8-22(31-3)23(14-19)32-4/h5-8,13-14H,9-12,15-17H2,1-4H3,(H,26,27). The third-order valence-corrected chi connectivity index (χ3v) is 5.60. The lowest BCUT2D eigenvalue weighted by Gasteiger charge is -2.36. The zero-order valence-electron chi connectivity index (χ0n) is 19.4. The van der Waals surface area contributed by atoms with Crippen molar-refractivity contribution in [1.29, 1.82) is 0 Å². The van der Waals surface area contributed by atoms with Gasteiger partial charge in [-0.3, -0.25) is 9.89 Å². The summed E-state index contributed by atoms with van der Waals surface area (Å²) in [5, 5.41) is 3.40. The van der Waals surface area contributed by atoms with Crippen molar-refractivity contribution in [1.82, 2.24) is 15.1 Å². The second kappa shape index (κ2) is 11.7. The van der Waals surface area contributed by atoms with Crippen molar-refractivity contribution < 1.29 is 18.6 Å². The summed E-state index contributed by atoms with van der Waals surface area (Å²) in [7, 11) is 6.66. The highest BCUT2D eigenvalue weighted by atomic mass is 19.1. The normalized spacial score (nSPS) is 15.0. The second-order valence-electron chi connectivity index (χ2n) is 7.71. The molecule has 0 radical (unpaired) electrons. The largest absolute Gasteiger partial charge is 0.493 e. The number of guanidine groups is 1.